The number of fused-ring (bicyclic) bond motifs is 1. The molecule has 90 valence electrons. The molecule has 0 fully saturated rings. The van der Waals surface area contributed by atoms with Crippen LogP contribution in [0.5, 0.6) is 0 Å². The van der Waals surface area contributed by atoms with Gasteiger partial charge in [-0.15, -0.1) is 0 Å². The van der Waals surface area contributed by atoms with Crippen molar-refractivity contribution in [3.63, 3.8) is 0 Å². The molecule has 1 heterocycles. The summed E-state index contributed by atoms with van der Waals surface area (Å²) in [5, 5.41) is 0.538. The number of rotatable bonds is 2. The predicted molar refractivity (Wildman–Crippen MR) is 70.2 cm³/mol. The second-order valence-corrected chi connectivity index (χ2v) is 4.53. The van der Waals surface area contributed by atoms with Crippen LogP contribution in [0.15, 0.2) is 48.8 Å². The molecule has 0 atom stereocenters. The number of nitrogens with zero attached hydrogens (tertiary/aromatic N) is 2. The molecule has 2 nitrogen and oxygen atoms in total. The summed E-state index contributed by atoms with van der Waals surface area (Å²) in [6, 6.07) is 12.3. The Balaban J connectivity index is 2.04. The van der Waals surface area contributed by atoms with Crippen molar-refractivity contribution in [2.45, 2.75) is 6.54 Å². The normalized spacial score (nSPS) is 11.0. The maximum absolute atomic E-state index is 13.7. The summed E-state index contributed by atoms with van der Waals surface area (Å²) in [7, 11) is 0. The molecule has 0 saturated carbocycles. The van der Waals surface area contributed by atoms with Crippen LogP contribution in [-0.2, 0) is 6.54 Å². The van der Waals surface area contributed by atoms with Crippen LogP contribution in [0.4, 0.5) is 4.39 Å². The van der Waals surface area contributed by atoms with E-state index in [0.29, 0.717) is 17.1 Å². The fraction of sp³-hybridized carbons (Fsp3) is 0.0714. The molecule has 0 aliphatic rings. The Morgan fingerprint density at radius 3 is 2.89 bits per heavy atom. The number of hydrogen-bond acceptors (Lipinski definition) is 1. The molecule has 0 unspecified atom stereocenters. The van der Waals surface area contributed by atoms with E-state index in [4.69, 9.17) is 11.6 Å². The molecular formula is C14H10ClFN2. The molecule has 0 N–H and O–H groups in total. The zero-order valence-electron chi connectivity index (χ0n) is 9.48. The minimum atomic E-state index is -0.253. The molecule has 0 aliphatic heterocycles. The van der Waals surface area contributed by atoms with Crippen LogP contribution in [0.1, 0.15) is 5.56 Å². The van der Waals surface area contributed by atoms with E-state index >= 15 is 0 Å². The Bertz CT molecular complexity index is 706. The average Bonchev–Trinajstić information content (AvgIpc) is 2.78. The standard InChI is InChI=1S/C14H10ClFN2/c15-11-5-6-12(16)10(7-11)8-18-9-17-13-3-1-2-4-14(13)18/h1-7,9H,8H2. The number of para-hydroxylation sites is 2. The van der Waals surface area contributed by atoms with Crippen molar-refractivity contribution >= 4 is 22.6 Å². The van der Waals surface area contributed by atoms with E-state index in [1.165, 1.54) is 6.07 Å². The molecule has 0 bridgehead atoms. The summed E-state index contributed by atoms with van der Waals surface area (Å²) in [6.07, 6.45) is 1.71. The van der Waals surface area contributed by atoms with Crippen LogP contribution < -0.4 is 0 Å². The minimum absolute atomic E-state index is 0.253. The Hall–Kier alpha value is -1.87. The van der Waals surface area contributed by atoms with Gasteiger partial charge < -0.3 is 4.57 Å². The van der Waals surface area contributed by atoms with Gasteiger partial charge >= 0.3 is 0 Å². The highest BCUT2D eigenvalue weighted by Crippen LogP contribution is 2.18. The van der Waals surface area contributed by atoms with Crippen molar-refractivity contribution in [2.75, 3.05) is 0 Å². The maximum Gasteiger partial charge on any atom is 0.128 e. The SMILES string of the molecule is Fc1ccc(Cl)cc1Cn1cnc2ccccc21. The van der Waals surface area contributed by atoms with Gasteiger partial charge in [0, 0.05) is 10.6 Å². The topological polar surface area (TPSA) is 17.8 Å². The highest BCUT2D eigenvalue weighted by Gasteiger charge is 2.06. The second kappa shape index (κ2) is 4.42. The van der Waals surface area contributed by atoms with Crippen LogP contribution in [0.25, 0.3) is 11.0 Å². The zero-order valence-corrected chi connectivity index (χ0v) is 10.2. The molecule has 18 heavy (non-hydrogen) atoms. The van der Waals surface area contributed by atoms with Gasteiger partial charge in [-0.05, 0) is 30.3 Å². The van der Waals surface area contributed by atoms with Crippen molar-refractivity contribution in [1.82, 2.24) is 9.55 Å². The van der Waals surface area contributed by atoms with E-state index in [-0.39, 0.29) is 5.82 Å². The Kier molecular flexibility index (Phi) is 2.76. The van der Waals surface area contributed by atoms with Gasteiger partial charge in [-0.25, -0.2) is 9.37 Å². The van der Waals surface area contributed by atoms with E-state index in [2.05, 4.69) is 4.98 Å². The molecule has 0 saturated heterocycles. The second-order valence-electron chi connectivity index (χ2n) is 4.10. The largest absolute Gasteiger partial charge is 0.326 e. The summed E-state index contributed by atoms with van der Waals surface area (Å²) in [6.45, 7) is 0.424. The van der Waals surface area contributed by atoms with Gasteiger partial charge in [-0.1, -0.05) is 23.7 Å². The van der Waals surface area contributed by atoms with Gasteiger partial charge in [0.1, 0.15) is 5.82 Å². The van der Waals surface area contributed by atoms with Crippen LogP contribution in [0.3, 0.4) is 0 Å². The Morgan fingerprint density at radius 2 is 2.00 bits per heavy atom. The Morgan fingerprint density at radius 1 is 1.17 bits per heavy atom. The van der Waals surface area contributed by atoms with E-state index in [1.54, 1.807) is 18.5 Å². The van der Waals surface area contributed by atoms with E-state index in [1.807, 2.05) is 28.8 Å². The van der Waals surface area contributed by atoms with Crippen molar-refractivity contribution in [3.05, 3.63) is 65.2 Å². The molecule has 0 aliphatic carbocycles. The van der Waals surface area contributed by atoms with E-state index in [0.717, 1.165) is 11.0 Å². The average molecular weight is 261 g/mol. The third kappa shape index (κ3) is 1.97. The van der Waals surface area contributed by atoms with E-state index in [9.17, 15) is 4.39 Å². The molecule has 3 rings (SSSR count). The first kappa shape index (κ1) is 11.2. The zero-order chi connectivity index (χ0) is 12.5. The summed E-state index contributed by atoms with van der Waals surface area (Å²) in [5.41, 5.74) is 2.45. The van der Waals surface area contributed by atoms with Crippen LogP contribution >= 0.6 is 11.6 Å². The van der Waals surface area contributed by atoms with Gasteiger partial charge in [-0.3, -0.25) is 0 Å². The number of hydrogen-bond donors (Lipinski definition) is 0. The number of halogens is 2. The first-order valence-corrected chi connectivity index (χ1v) is 5.95. The highest BCUT2D eigenvalue weighted by molar-refractivity contribution is 6.30. The molecule has 0 spiro atoms. The monoisotopic (exact) mass is 260 g/mol. The van der Waals surface area contributed by atoms with Crippen molar-refractivity contribution in [2.24, 2.45) is 0 Å². The number of aromatic nitrogens is 2. The van der Waals surface area contributed by atoms with Crippen molar-refractivity contribution < 1.29 is 4.39 Å². The van der Waals surface area contributed by atoms with Gasteiger partial charge in [0.2, 0.25) is 0 Å². The number of benzene rings is 2. The van der Waals surface area contributed by atoms with Crippen LogP contribution in [0.2, 0.25) is 5.02 Å². The number of imidazole rings is 1. The van der Waals surface area contributed by atoms with Crippen LogP contribution in [-0.4, -0.2) is 9.55 Å². The molecule has 0 radical (unpaired) electrons. The Labute approximate surface area is 109 Å². The summed E-state index contributed by atoms with van der Waals surface area (Å²) in [4.78, 5) is 4.27. The molecule has 2 aromatic carbocycles. The van der Waals surface area contributed by atoms with Crippen molar-refractivity contribution in [3.8, 4) is 0 Å². The summed E-state index contributed by atoms with van der Waals surface area (Å²) < 4.78 is 15.6. The van der Waals surface area contributed by atoms with Gasteiger partial charge in [0.15, 0.2) is 0 Å². The molecular weight excluding hydrogens is 251 g/mol. The minimum Gasteiger partial charge on any atom is -0.326 e. The first-order chi connectivity index (χ1) is 8.74. The van der Waals surface area contributed by atoms with Crippen LogP contribution in [0, 0.1) is 5.82 Å². The molecule has 4 heteroatoms. The fourth-order valence-electron chi connectivity index (χ4n) is 1.98. The third-order valence-electron chi connectivity index (χ3n) is 2.88. The first-order valence-electron chi connectivity index (χ1n) is 5.58. The highest BCUT2D eigenvalue weighted by atomic mass is 35.5. The van der Waals surface area contributed by atoms with Gasteiger partial charge in [-0.2, -0.15) is 0 Å². The lowest BCUT2D eigenvalue weighted by Crippen LogP contribution is -2.00. The maximum atomic E-state index is 13.7. The predicted octanol–water partition coefficient (Wildman–Crippen LogP) is 3.88. The quantitative estimate of drug-likeness (QED) is 0.684. The summed E-state index contributed by atoms with van der Waals surface area (Å²) >= 11 is 5.88. The smallest absolute Gasteiger partial charge is 0.128 e. The van der Waals surface area contributed by atoms with Gasteiger partial charge in [0.25, 0.3) is 0 Å². The molecule has 0 amide bonds. The van der Waals surface area contributed by atoms with Crippen molar-refractivity contribution in [1.29, 1.82) is 0 Å². The van der Waals surface area contributed by atoms with E-state index < -0.39 is 0 Å². The van der Waals surface area contributed by atoms with Gasteiger partial charge in [0.05, 0.1) is 23.9 Å². The third-order valence-corrected chi connectivity index (χ3v) is 3.11. The summed E-state index contributed by atoms with van der Waals surface area (Å²) in [5.74, 6) is -0.253. The molecule has 1 aromatic heterocycles. The fourth-order valence-corrected chi connectivity index (χ4v) is 2.18. The lowest BCUT2D eigenvalue weighted by molar-refractivity contribution is 0.601. The lowest BCUT2D eigenvalue weighted by Gasteiger charge is -2.06. The lowest BCUT2D eigenvalue weighted by atomic mass is 10.2. The molecule has 3 aromatic rings.